The molecule has 0 saturated carbocycles. The van der Waals surface area contributed by atoms with Crippen molar-refractivity contribution in [1.29, 1.82) is 0 Å². The summed E-state index contributed by atoms with van der Waals surface area (Å²) < 4.78 is 5.07. The maximum Gasteiger partial charge on any atom is 0.321 e. The van der Waals surface area contributed by atoms with Crippen molar-refractivity contribution in [2.75, 3.05) is 32.1 Å². The minimum Gasteiger partial charge on any atom is -0.497 e. The molecule has 21 heavy (non-hydrogen) atoms. The number of hydrogen-bond acceptors (Lipinski definition) is 4. The zero-order valence-electron chi connectivity index (χ0n) is 12.0. The van der Waals surface area contributed by atoms with Gasteiger partial charge in [-0.25, -0.2) is 4.79 Å². The highest BCUT2D eigenvalue weighted by atomic mass is 16.5. The lowest BCUT2D eigenvalue weighted by Gasteiger charge is -2.33. The topological polar surface area (TPSA) is 96.7 Å². The Morgan fingerprint density at radius 3 is 2.76 bits per heavy atom. The van der Waals surface area contributed by atoms with Gasteiger partial charge in [-0.15, -0.1) is 0 Å². The number of methoxy groups -OCH3 is 1. The molecule has 1 atom stereocenters. The van der Waals surface area contributed by atoms with Crippen molar-refractivity contribution in [2.24, 2.45) is 5.73 Å². The molecule has 0 aliphatic carbocycles. The lowest BCUT2D eigenvalue weighted by molar-refractivity contribution is -0.118. The van der Waals surface area contributed by atoms with Crippen LogP contribution in [0.25, 0.3) is 0 Å². The van der Waals surface area contributed by atoms with Crippen molar-refractivity contribution >= 4 is 17.6 Å². The molecule has 0 bridgehead atoms. The van der Waals surface area contributed by atoms with Gasteiger partial charge in [0.1, 0.15) is 5.75 Å². The fourth-order valence-electron chi connectivity index (χ4n) is 2.27. The molecule has 2 rings (SSSR count). The first-order valence-electron chi connectivity index (χ1n) is 6.80. The zero-order valence-corrected chi connectivity index (χ0v) is 12.0. The summed E-state index contributed by atoms with van der Waals surface area (Å²) in [5.41, 5.74) is 5.89. The normalized spacial score (nSPS) is 18.1. The van der Waals surface area contributed by atoms with Gasteiger partial charge in [-0.3, -0.25) is 4.79 Å². The maximum absolute atomic E-state index is 12.2. The second-order valence-electron chi connectivity index (χ2n) is 4.93. The fourth-order valence-corrected chi connectivity index (χ4v) is 2.27. The minimum atomic E-state index is -0.370. The Morgan fingerprint density at radius 2 is 2.14 bits per heavy atom. The van der Waals surface area contributed by atoms with Gasteiger partial charge in [-0.05, 0) is 24.3 Å². The Morgan fingerprint density at radius 1 is 1.43 bits per heavy atom. The van der Waals surface area contributed by atoms with Gasteiger partial charge in [0.05, 0.1) is 7.11 Å². The van der Waals surface area contributed by atoms with E-state index in [9.17, 15) is 9.59 Å². The standard InChI is InChI=1S/C14H20N4O3/c1-21-12-4-2-10(3-5-12)17-14(20)18-7-6-16-11(9-18)8-13(15)19/h2-5,11,16H,6-9H2,1H3,(H2,15,19)(H,17,20). The van der Waals surface area contributed by atoms with Crippen LogP contribution in [0, 0.1) is 0 Å². The quantitative estimate of drug-likeness (QED) is 0.747. The van der Waals surface area contributed by atoms with Crippen molar-refractivity contribution < 1.29 is 14.3 Å². The van der Waals surface area contributed by atoms with E-state index in [0.29, 0.717) is 25.3 Å². The molecule has 114 valence electrons. The second kappa shape index (κ2) is 6.94. The van der Waals surface area contributed by atoms with Crippen LogP contribution in [0.2, 0.25) is 0 Å². The number of rotatable bonds is 4. The van der Waals surface area contributed by atoms with Crippen molar-refractivity contribution in [2.45, 2.75) is 12.5 Å². The fraction of sp³-hybridized carbons (Fsp3) is 0.429. The number of nitrogens with two attached hydrogens (primary N) is 1. The summed E-state index contributed by atoms with van der Waals surface area (Å²) in [6, 6.07) is 6.85. The van der Waals surface area contributed by atoms with Crippen LogP contribution in [0.3, 0.4) is 0 Å². The van der Waals surface area contributed by atoms with Gasteiger partial charge in [0, 0.05) is 37.8 Å². The van der Waals surface area contributed by atoms with Crippen LogP contribution in [-0.4, -0.2) is 49.6 Å². The largest absolute Gasteiger partial charge is 0.497 e. The Kier molecular flexibility index (Phi) is 4.99. The van der Waals surface area contributed by atoms with E-state index < -0.39 is 0 Å². The zero-order chi connectivity index (χ0) is 15.2. The first-order chi connectivity index (χ1) is 10.1. The number of anilines is 1. The molecule has 1 heterocycles. The van der Waals surface area contributed by atoms with Crippen molar-refractivity contribution in [3.8, 4) is 5.75 Å². The predicted octanol–water partition coefficient (Wildman–Crippen LogP) is 0.376. The highest BCUT2D eigenvalue weighted by Crippen LogP contribution is 2.15. The van der Waals surface area contributed by atoms with Gasteiger partial charge in [0.2, 0.25) is 5.91 Å². The summed E-state index contributed by atoms with van der Waals surface area (Å²) in [6.07, 6.45) is 0.228. The number of benzene rings is 1. The van der Waals surface area contributed by atoms with Crippen molar-refractivity contribution in [1.82, 2.24) is 10.2 Å². The number of piperazine rings is 1. The van der Waals surface area contributed by atoms with E-state index >= 15 is 0 Å². The first kappa shape index (κ1) is 15.1. The predicted molar refractivity (Wildman–Crippen MR) is 79.2 cm³/mol. The number of ether oxygens (including phenoxy) is 1. The van der Waals surface area contributed by atoms with Gasteiger partial charge >= 0.3 is 6.03 Å². The molecule has 0 radical (unpaired) electrons. The highest BCUT2D eigenvalue weighted by Gasteiger charge is 2.24. The van der Waals surface area contributed by atoms with Gasteiger partial charge in [0.25, 0.3) is 0 Å². The van der Waals surface area contributed by atoms with Gasteiger partial charge in [-0.1, -0.05) is 0 Å². The molecule has 1 aromatic carbocycles. The molecule has 7 nitrogen and oxygen atoms in total. The molecule has 7 heteroatoms. The van der Waals surface area contributed by atoms with Crippen LogP contribution >= 0.6 is 0 Å². The number of nitrogens with one attached hydrogen (secondary N) is 2. The van der Waals surface area contributed by atoms with Crippen LogP contribution in [-0.2, 0) is 4.79 Å². The molecule has 1 unspecified atom stereocenters. The molecule has 0 aromatic heterocycles. The highest BCUT2D eigenvalue weighted by molar-refractivity contribution is 5.89. The average molecular weight is 292 g/mol. The van der Waals surface area contributed by atoms with Gasteiger partial charge in [0.15, 0.2) is 0 Å². The number of primary amides is 1. The van der Waals surface area contributed by atoms with E-state index in [1.165, 1.54) is 0 Å². The Hall–Kier alpha value is -2.28. The number of carbonyl (C=O) groups is 2. The van der Waals surface area contributed by atoms with Crippen LogP contribution in [0.4, 0.5) is 10.5 Å². The molecule has 1 fully saturated rings. The van der Waals surface area contributed by atoms with Crippen LogP contribution in [0.15, 0.2) is 24.3 Å². The summed E-state index contributed by atoms with van der Waals surface area (Å²) in [7, 11) is 1.59. The summed E-state index contributed by atoms with van der Waals surface area (Å²) in [4.78, 5) is 24.8. The maximum atomic E-state index is 12.2. The Bertz CT molecular complexity index is 503. The van der Waals surface area contributed by atoms with Gasteiger partial charge < -0.3 is 26.0 Å². The van der Waals surface area contributed by atoms with E-state index in [0.717, 1.165) is 5.75 Å². The third-order valence-electron chi connectivity index (χ3n) is 3.33. The molecule has 4 N–H and O–H groups in total. The first-order valence-corrected chi connectivity index (χ1v) is 6.80. The molecule has 1 aliphatic heterocycles. The second-order valence-corrected chi connectivity index (χ2v) is 4.93. The summed E-state index contributed by atoms with van der Waals surface area (Å²) >= 11 is 0. The van der Waals surface area contributed by atoms with Gasteiger partial charge in [-0.2, -0.15) is 0 Å². The van der Waals surface area contributed by atoms with E-state index in [1.54, 1.807) is 36.3 Å². The number of amides is 3. The monoisotopic (exact) mass is 292 g/mol. The molecular weight excluding hydrogens is 272 g/mol. The van der Waals surface area contributed by atoms with Crippen molar-refractivity contribution in [3.05, 3.63) is 24.3 Å². The number of nitrogens with zero attached hydrogens (tertiary/aromatic N) is 1. The van der Waals surface area contributed by atoms with Crippen molar-refractivity contribution in [3.63, 3.8) is 0 Å². The summed E-state index contributed by atoms with van der Waals surface area (Å²) in [5.74, 6) is 0.363. The molecule has 3 amide bonds. The van der Waals surface area contributed by atoms with Crippen LogP contribution < -0.4 is 21.1 Å². The lowest BCUT2D eigenvalue weighted by Crippen LogP contribution is -2.54. The van der Waals surface area contributed by atoms with E-state index in [1.807, 2.05) is 0 Å². The Labute approximate surface area is 123 Å². The number of carbonyl (C=O) groups excluding carboxylic acids is 2. The third kappa shape index (κ3) is 4.35. The lowest BCUT2D eigenvalue weighted by atomic mass is 10.1. The molecule has 1 aliphatic rings. The molecule has 1 aromatic rings. The van der Waals surface area contributed by atoms with E-state index in [-0.39, 0.29) is 24.4 Å². The minimum absolute atomic E-state index is 0.0853. The summed E-state index contributed by atoms with van der Waals surface area (Å²) in [5, 5.41) is 6.00. The Balaban J connectivity index is 1.91. The van der Waals surface area contributed by atoms with Crippen LogP contribution in [0.5, 0.6) is 5.75 Å². The SMILES string of the molecule is COc1ccc(NC(=O)N2CCNC(CC(N)=O)C2)cc1. The van der Waals surface area contributed by atoms with E-state index in [4.69, 9.17) is 10.5 Å². The number of hydrogen-bond donors (Lipinski definition) is 3. The molecule has 0 spiro atoms. The third-order valence-corrected chi connectivity index (χ3v) is 3.33. The van der Waals surface area contributed by atoms with E-state index in [2.05, 4.69) is 10.6 Å². The number of urea groups is 1. The molecular formula is C14H20N4O3. The molecule has 1 saturated heterocycles. The average Bonchev–Trinajstić information content (AvgIpc) is 2.47. The summed E-state index contributed by atoms with van der Waals surface area (Å²) in [6.45, 7) is 1.70. The smallest absolute Gasteiger partial charge is 0.321 e. The van der Waals surface area contributed by atoms with Crippen LogP contribution in [0.1, 0.15) is 6.42 Å².